The van der Waals surface area contributed by atoms with Gasteiger partial charge in [-0.3, -0.25) is 14.6 Å². The number of pyridine rings is 2. The Morgan fingerprint density at radius 2 is 1.85 bits per heavy atom. The topological polar surface area (TPSA) is 105 Å². The molecule has 0 radical (unpaired) electrons. The van der Waals surface area contributed by atoms with Crippen LogP contribution in [0.5, 0.6) is 0 Å². The van der Waals surface area contributed by atoms with Crippen molar-refractivity contribution in [2.24, 2.45) is 11.3 Å². The number of nitrogens with one attached hydrogen (secondary N) is 2. The van der Waals surface area contributed by atoms with Crippen molar-refractivity contribution in [3.05, 3.63) is 92.7 Å². The van der Waals surface area contributed by atoms with Gasteiger partial charge in [-0.05, 0) is 102 Å². The normalized spacial score (nSPS) is 21.2. The Hall–Kier alpha value is -3.68. The summed E-state index contributed by atoms with van der Waals surface area (Å²) in [7, 11) is 0. The number of aldehydes is 1. The highest BCUT2D eigenvalue weighted by molar-refractivity contribution is 6.02. The molecule has 3 aliphatic rings. The van der Waals surface area contributed by atoms with E-state index in [1.54, 1.807) is 12.3 Å². The minimum absolute atomic E-state index is 0.0991. The van der Waals surface area contributed by atoms with Crippen LogP contribution in [0.4, 0.5) is 0 Å². The number of likely N-dealkylation sites (tertiary alicyclic amines) is 1. The number of quaternary nitrogens is 1. The molecule has 3 aromatic rings. The number of rotatable bonds is 8. The molecule has 2 aliphatic carbocycles. The summed E-state index contributed by atoms with van der Waals surface area (Å²) >= 11 is 0. The number of ketones is 1. The molecule has 46 heavy (non-hydrogen) atoms. The van der Waals surface area contributed by atoms with E-state index in [1.165, 1.54) is 29.5 Å². The number of aliphatic hydroxyl groups excluding tert-OH is 1. The second-order valence-electron chi connectivity index (χ2n) is 14.4. The van der Waals surface area contributed by atoms with Crippen molar-refractivity contribution in [2.45, 2.75) is 91.1 Å². The number of H-pyrrole nitrogens is 1. The Balaban J connectivity index is 0.00000134. The summed E-state index contributed by atoms with van der Waals surface area (Å²) in [5.41, 5.74) is 9.00. The minimum Gasteiger partial charge on any atom is -0.387 e. The fourth-order valence-electron chi connectivity index (χ4n) is 7.34. The average Bonchev–Trinajstić information content (AvgIpc) is 3.45. The number of hydrogen-bond donors (Lipinski definition) is 3. The molecule has 1 aromatic carbocycles. The van der Waals surface area contributed by atoms with E-state index >= 15 is 0 Å². The number of carbonyl (C=O) groups is 2. The van der Waals surface area contributed by atoms with Crippen LogP contribution in [0.2, 0.25) is 0 Å². The van der Waals surface area contributed by atoms with Crippen molar-refractivity contribution < 1.29 is 19.6 Å². The second-order valence-corrected chi connectivity index (χ2v) is 14.4. The van der Waals surface area contributed by atoms with Gasteiger partial charge in [-0.25, -0.2) is 0 Å². The molecule has 2 aromatic heterocycles. The van der Waals surface area contributed by atoms with Crippen LogP contribution in [0.15, 0.2) is 59.0 Å². The summed E-state index contributed by atoms with van der Waals surface area (Å²) < 4.78 is 0. The van der Waals surface area contributed by atoms with Gasteiger partial charge in [0, 0.05) is 42.8 Å². The maximum atomic E-state index is 13.8. The van der Waals surface area contributed by atoms with Crippen molar-refractivity contribution in [3.8, 4) is 11.1 Å². The summed E-state index contributed by atoms with van der Waals surface area (Å²) in [4.78, 5) is 43.4. The first kappa shape index (κ1) is 33.7. The number of allylic oxidation sites excluding steroid dienone is 1. The molecule has 1 aliphatic heterocycles. The van der Waals surface area contributed by atoms with E-state index in [0.717, 1.165) is 91.5 Å². The number of aromatic amines is 1. The Labute approximate surface area is 273 Å². The lowest BCUT2D eigenvalue weighted by molar-refractivity contribution is -0.908. The van der Waals surface area contributed by atoms with Crippen LogP contribution in [-0.2, 0) is 28.9 Å². The first-order chi connectivity index (χ1) is 22.0. The largest absolute Gasteiger partial charge is 0.387 e. The van der Waals surface area contributed by atoms with Crippen molar-refractivity contribution in [2.75, 3.05) is 19.6 Å². The van der Waals surface area contributed by atoms with Crippen molar-refractivity contribution in [1.82, 2.24) is 9.97 Å². The lowest BCUT2D eigenvalue weighted by Crippen LogP contribution is -3.14. The van der Waals surface area contributed by atoms with E-state index in [0.29, 0.717) is 18.8 Å². The molecule has 0 spiro atoms. The van der Waals surface area contributed by atoms with Gasteiger partial charge in [-0.15, -0.1) is 0 Å². The number of benzene rings is 1. The molecule has 244 valence electrons. The minimum atomic E-state index is -0.223. The smallest absolute Gasteiger partial charge is 0.247 e. The third kappa shape index (κ3) is 8.37. The Kier molecular flexibility index (Phi) is 10.9. The Morgan fingerprint density at radius 3 is 2.52 bits per heavy atom. The molecule has 0 saturated carbocycles. The number of fused-ring (bicyclic) bond motifs is 2. The lowest BCUT2D eigenvalue weighted by Gasteiger charge is -2.34. The van der Waals surface area contributed by atoms with Crippen LogP contribution in [-0.4, -0.2) is 52.9 Å². The van der Waals surface area contributed by atoms with Gasteiger partial charge in [-0.1, -0.05) is 45.0 Å². The number of Topliss-reactive ketones (excluding diaryl/α,β-unsaturated/α-hetero) is 1. The number of hydrogen-bond acceptors (Lipinski definition) is 5. The van der Waals surface area contributed by atoms with Crippen LogP contribution >= 0.6 is 0 Å². The van der Waals surface area contributed by atoms with E-state index in [9.17, 15) is 14.7 Å². The van der Waals surface area contributed by atoms with Crippen molar-refractivity contribution >= 4 is 18.1 Å². The van der Waals surface area contributed by atoms with Gasteiger partial charge in [0.25, 0.3) is 0 Å². The summed E-state index contributed by atoms with van der Waals surface area (Å²) in [6.07, 6.45) is 11.6. The van der Waals surface area contributed by atoms with E-state index in [-0.39, 0.29) is 28.8 Å². The second kappa shape index (κ2) is 14.8. The van der Waals surface area contributed by atoms with Crippen LogP contribution in [0.1, 0.15) is 93.8 Å². The molecule has 7 nitrogen and oxygen atoms in total. The third-order valence-electron chi connectivity index (χ3n) is 10.1. The number of aryl methyl sites for hydroxylation is 1. The number of aromatic nitrogens is 2. The Bertz CT molecular complexity index is 1600. The molecular weight excluding hydrogens is 574 g/mol. The molecule has 4 atom stereocenters. The highest BCUT2D eigenvalue weighted by atomic mass is 16.3. The van der Waals surface area contributed by atoms with E-state index in [2.05, 4.69) is 62.2 Å². The highest BCUT2D eigenvalue weighted by Crippen LogP contribution is 2.39. The van der Waals surface area contributed by atoms with E-state index < -0.39 is 0 Å². The maximum Gasteiger partial charge on any atom is 0.247 e. The molecule has 7 heteroatoms. The third-order valence-corrected chi connectivity index (χ3v) is 10.1. The summed E-state index contributed by atoms with van der Waals surface area (Å²) in [5.74, 6) is 0.972. The van der Waals surface area contributed by atoms with Gasteiger partial charge >= 0.3 is 0 Å². The van der Waals surface area contributed by atoms with E-state index in [4.69, 9.17) is 9.78 Å². The molecule has 2 unspecified atom stereocenters. The van der Waals surface area contributed by atoms with Gasteiger partial charge in [0.1, 0.15) is 18.9 Å². The van der Waals surface area contributed by atoms with Gasteiger partial charge in [0.15, 0.2) is 5.78 Å². The SMILES string of the molecule is CC(C)(C)[C@H]1CCc2nc3c(cc2C1)C=C(C(=O)C[C@H](CC[NH+]1CCCC(O)C1)c1ccc(-c2ccc(=O)[nH]c2)cc1)C3.CC=O. The average molecular weight is 625 g/mol. The first-order valence-electron chi connectivity index (χ1n) is 17.0. The monoisotopic (exact) mass is 624 g/mol. The van der Waals surface area contributed by atoms with Crippen molar-refractivity contribution in [1.29, 1.82) is 0 Å². The standard InChI is InChI=1S/C37H45N3O3.C2H4O/c1-37(2,3)31-11-12-33-29(19-31)17-28-18-30(20-34(28)39-33)35(42)21-26(14-16-40-15-4-5-32(41)23-40)24-6-8-25(9-7-24)27-10-13-36(43)38-22-27;1-2-3/h6-10,13,17-18,22,26,31-32,41H,4-5,11-12,14-16,19-21,23H2,1-3H3,(H,38,43);2H,1H3/p+1/t26-,31-,32?;/m0./s1. The number of carbonyl (C=O) groups excluding carboxylic acids is 2. The zero-order valence-electron chi connectivity index (χ0n) is 27.9. The molecule has 1 fully saturated rings. The van der Waals surface area contributed by atoms with Gasteiger partial charge in [0.05, 0.1) is 18.8 Å². The number of nitrogens with zero attached hydrogens (tertiary/aromatic N) is 1. The van der Waals surface area contributed by atoms with Crippen LogP contribution in [0.25, 0.3) is 17.2 Å². The Morgan fingerprint density at radius 1 is 1.11 bits per heavy atom. The molecule has 0 amide bonds. The number of aliphatic hydroxyl groups is 1. The summed E-state index contributed by atoms with van der Waals surface area (Å²) in [6.45, 7) is 11.3. The molecule has 0 bridgehead atoms. The predicted molar refractivity (Wildman–Crippen MR) is 183 cm³/mol. The highest BCUT2D eigenvalue weighted by Gasteiger charge is 2.31. The molecule has 1 saturated heterocycles. The van der Waals surface area contributed by atoms with Crippen LogP contribution in [0.3, 0.4) is 0 Å². The van der Waals surface area contributed by atoms with Crippen LogP contribution in [0, 0.1) is 11.3 Å². The van der Waals surface area contributed by atoms with Gasteiger partial charge in [-0.2, -0.15) is 0 Å². The fraction of sp³-hybridized carbons (Fsp3) is 0.487. The first-order valence-corrected chi connectivity index (χ1v) is 17.0. The number of piperidine rings is 1. The zero-order chi connectivity index (χ0) is 32.8. The lowest BCUT2D eigenvalue weighted by atomic mass is 9.71. The summed E-state index contributed by atoms with van der Waals surface area (Å²) in [5, 5.41) is 10.2. The molecule has 6 rings (SSSR count). The maximum absolute atomic E-state index is 13.8. The van der Waals surface area contributed by atoms with Crippen LogP contribution < -0.4 is 10.5 Å². The molecule has 3 N–H and O–H groups in total. The fourth-order valence-corrected chi connectivity index (χ4v) is 7.34. The zero-order valence-corrected chi connectivity index (χ0v) is 27.9. The van der Waals surface area contributed by atoms with Gasteiger partial charge < -0.3 is 19.8 Å². The molecular formula is C39H50N3O4+. The quantitative estimate of drug-likeness (QED) is 0.309. The van der Waals surface area contributed by atoms with Crippen molar-refractivity contribution in [3.63, 3.8) is 0 Å². The van der Waals surface area contributed by atoms with Gasteiger partial charge in [0.2, 0.25) is 5.56 Å². The predicted octanol–water partition coefficient (Wildman–Crippen LogP) is 4.91. The molecule has 3 heterocycles. The summed E-state index contributed by atoms with van der Waals surface area (Å²) in [6, 6.07) is 14.1. The van der Waals surface area contributed by atoms with E-state index in [1.807, 2.05) is 6.07 Å².